The van der Waals surface area contributed by atoms with Gasteiger partial charge in [0.1, 0.15) is 6.04 Å². The van der Waals surface area contributed by atoms with Gasteiger partial charge in [0.25, 0.3) is 0 Å². The molecule has 4 rings (SSSR count). The molecule has 138 valence electrons. The molecule has 0 spiro atoms. The van der Waals surface area contributed by atoms with E-state index in [1.807, 2.05) is 0 Å². The third kappa shape index (κ3) is 3.12. The van der Waals surface area contributed by atoms with E-state index in [2.05, 4.69) is 15.6 Å². The van der Waals surface area contributed by atoms with Gasteiger partial charge >= 0.3 is 6.18 Å². The van der Waals surface area contributed by atoms with Gasteiger partial charge in [-0.05, 0) is 30.3 Å². The van der Waals surface area contributed by atoms with Gasteiger partial charge in [0, 0.05) is 5.69 Å². The van der Waals surface area contributed by atoms with Gasteiger partial charge in [0.15, 0.2) is 0 Å². The Morgan fingerprint density at radius 3 is 2.74 bits per heavy atom. The maximum Gasteiger partial charge on any atom is 0.416 e. The summed E-state index contributed by atoms with van der Waals surface area (Å²) in [6.45, 7) is 0. The smallest absolute Gasteiger partial charge is 0.324 e. The highest BCUT2D eigenvalue weighted by atomic mass is 19.4. The Kier molecular flexibility index (Phi) is 3.87. The van der Waals surface area contributed by atoms with E-state index in [9.17, 15) is 22.8 Å². The van der Waals surface area contributed by atoms with E-state index in [0.29, 0.717) is 11.0 Å². The normalized spacial score (nSPS) is 16.7. The Balaban J connectivity index is 1.68. The molecule has 27 heavy (non-hydrogen) atoms. The second-order valence-corrected chi connectivity index (χ2v) is 6.13. The molecule has 6 nitrogen and oxygen atoms in total. The molecule has 0 bridgehead atoms. The van der Waals surface area contributed by atoms with Crippen LogP contribution < -0.4 is 10.6 Å². The lowest BCUT2D eigenvalue weighted by Gasteiger charge is -2.25. The van der Waals surface area contributed by atoms with E-state index >= 15 is 0 Å². The maximum absolute atomic E-state index is 12.9. The predicted molar refractivity (Wildman–Crippen MR) is 92.1 cm³/mol. The number of hydrogen-bond donors (Lipinski definition) is 2. The molecule has 1 aromatic heterocycles. The summed E-state index contributed by atoms with van der Waals surface area (Å²) in [7, 11) is 0. The Morgan fingerprint density at radius 1 is 1.19 bits per heavy atom. The molecular weight excluding hydrogens is 361 g/mol. The van der Waals surface area contributed by atoms with E-state index in [1.54, 1.807) is 28.8 Å². The largest absolute Gasteiger partial charge is 0.416 e. The van der Waals surface area contributed by atoms with Gasteiger partial charge in [-0.25, -0.2) is 4.98 Å². The molecule has 9 heteroatoms. The van der Waals surface area contributed by atoms with Crippen LogP contribution in [-0.2, 0) is 15.8 Å². The molecule has 0 aliphatic carbocycles. The van der Waals surface area contributed by atoms with Gasteiger partial charge < -0.3 is 5.32 Å². The second-order valence-electron chi connectivity index (χ2n) is 6.13. The number of imidazole rings is 1. The van der Waals surface area contributed by atoms with Crippen LogP contribution in [0.5, 0.6) is 0 Å². The maximum atomic E-state index is 12.9. The number of benzene rings is 2. The van der Waals surface area contributed by atoms with Gasteiger partial charge in [-0.2, -0.15) is 13.2 Å². The number of amides is 2. The number of carbonyl (C=O) groups excluding carboxylic acids is 2. The Labute approximate surface area is 151 Å². The molecule has 0 fully saturated rings. The molecular formula is C18H13F3N4O2. The van der Waals surface area contributed by atoms with Gasteiger partial charge in [0.2, 0.25) is 17.8 Å². The van der Waals surface area contributed by atoms with Crippen molar-refractivity contribution < 1.29 is 22.8 Å². The van der Waals surface area contributed by atoms with E-state index < -0.39 is 23.7 Å². The first-order valence-electron chi connectivity index (χ1n) is 8.08. The molecule has 2 heterocycles. The zero-order valence-electron chi connectivity index (χ0n) is 13.7. The van der Waals surface area contributed by atoms with Crippen LogP contribution in [0.4, 0.5) is 24.8 Å². The molecule has 1 atom stereocenters. The second kappa shape index (κ2) is 6.11. The minimum atomic E-state index is -4.51. The first-order chi connectivity index (χ1) is 12.8. The van der Waals surface area contributed by atoms with Crippen LogP contribution in [0.1, 0.15) is 18.0 Å². The van der Waals surface area contributed by atoms with E-state index in [0.717, 1.165) is 12.1 Å². The van der Waals surface area contributed by atoms with Gasteiger partial charge in [-0.3, -0.25) is 19.5 Å². The number of alkyl halides is 3. The van der Waals surface area contributed by atoms with Crippen molar-refractivity contribution in [1.82, 2.24) is 9.55 Å². The topological polar surface area (TPSA) is 76.0 Å². The molecule has 0 saturated carbocycles. The molecule has 1 aliphatic heterocycles. The van der Waals surface area contributed by atoms with Crippen molar-refractivity contribution in [3.8, 4) is 0 Å². The molecule has 2 N–H and O–H groups in total. The highest BCUT2D eigenvalue weighted by molar-refractivity contribution is 6.03. The van der Waals surface area contributed by atoms with Gasteiger partial charge in [-0.15, -0.1) is 0 Å². The summed E-state index contributed by atoms with van der Waals surface area (Å²) in [5, 5.41) is 5.08. The Morgan fingerprint density at radius 2 is 1.96 bits per heavy atom. The van der Waals surface area contributed by atoms with Crippen molar-refractivity contribution in [2.24, 2.45) is 0 Å². The van der Waals surface area contributed by atoms with E-state index in [1.165, 1.54) is 12.1 Å². The zero-order chi connectivity index (χ0) is 19.2. The van der Waals surface area contributed by atoms with Crippen LogP contribution in [0, 0.1) is 0 Å². The quantitative estimate of drug-likeness (QED) is 0.720. The van der Waals surface area contributed by atoms with E-state index in [4.69, 9.17) is 0 Å². The highest BCUT2D eigenvalue weighted by Crippen LogP contribution is 2.33. The SMILES string of the molecule is O=C1C[C@@H](C(=O)Nc2cccc(C(F)(F)F)c2)n2c(nc3ccccc32)N1. The number of halogens is 3. The fraction of sp³-hybridized carbons (Fsp3) is 0.167. The molecule has 1 aliphatic rings. The lowest BCUT2D eigenvalue weighted by atomic mass is 10.1. The fourth-order valence-electron chi connectivity index (χ4n) is 3.10. The monoisotopic (exact) mass is 374 g/mol. The summed E-state index contributed by atoms with van der Waals surface area (Å²) in [5.74, 6) is -0.743. The van der Waals surface area contributed by atoms with Crippen molar-refractivity contribution in [3.05, 3.63) is 54.1 Å². The summed E-state index contributed by atoms with van der Waals surface area (Å²) < 4.78 is 40.2. The summed E-state index contributed by atoms with van der Waals surface area (Å²) in [5.41, 5.74) is 0.394. The molecule has 2 aromatic carbocycles. The zero-order valence-corrected chi connectivity index (χ0v) is 13.7. The minimum absolute atomic E-state index is 0.00628. The van der Waals surface area contributed by atoms with Gasteiger partial charge in [0.05, 0.1) is 23.0 Å². The van der Waals surface area contributed by atoms with Crippen molar-refractivity contribution >= 4 is 34.5 Å². The van der Waals surface area contributed by atoms with Crippen molar-refractivity contribution in [1.29, 1.82) is 0 Å². The number of anilines is 2. The average Bonchev–Trinajstić information content (AvgIpc) is 2.98. The molecule has 3 aromatic rings. The summed E-state index contributed by atoms with van der Waals surface area (Å²) in [6.07, 6.45) is -4.66. The van der Waals surface area contributed by atoms with Crippen LogP contribution in [0.25, 0.3) is 11.0 Å². The van der Waals surface area contributed by atoms with Gasteiger partial charge in [-0.1, -0.05) is 18.2 Å². The summed E-state index contributed by atoms with van der Waals surface area (Å²) >= 11 is 0. The lowest BCUT2D eigenvalue weighted by molar-refractivity contribution is -0.137. The summed E-state index contributed by atoms with van der Waals surface area (Å²) in [6, 6.07) is 10.5. The minimum Gasteiger partial charge on any atom is -0.324 e. The Hall–Kier alpha value is -3.36. The number of hydrogen-bond acceptors (Lipinski definition) is 3. The average molecular weight is 374 g/mol. The number of aromatic nitrogens is 2. The first-order valence-corrected chi connectivity index (χ1v) is 8.08. The summed E-state index contributed by atoms with van der Waals surface area (Å²) in [4.78, 5) is 29.0. The third-order valence-electron chi connectivity index (χ3n) is 4.30. The van der Waals surface area contributed by atoms with Crippen LogP contribution >= 0.6 is 0 Å². The third-order valence-corrected chi connectivity index (χ3v) is 4.30. The predicted octanol–water partition coefficient (Wildman–Crippen LogP) is 3.58. The van der Waals surface area contributed by atoms with Crippen molar-refractivity contribution in [2.45, 2.75) is 18.6 Å². The van der Waals surface area contributed by atoms with E-state index in [-0.39, 0.29) is 24.0 Å². The fourth-order valence-corrected chi connectivity index (χ4v) is 3.10. The molecule has 0 radical (unpaired) electrons. The Bertz CT molecular complexity index is 1060. The number of nitrogens with one attached hydrogen (secondary N) is 2. The van der Waals surface area contributed by atoms with Crippen LogP contribution in [0.2, 0.25) is 0 Å². The number of carbonyl (C=O) groups is 2. The highest BCUT2D eigenvalue weighted by Gasteiger charge is 2.34. The van der Waals surface area contributed by atoms with Crippen LogP contribution in [0.15, 0.2) is 48.5 Å². The van der Waals surface area contributed by atoms with Crippen molar-refractivity contribution in [2.75, 3.05) is 10.6 Å². The molecule has 0 unspecified atom stereocenters. The number of nitrogens with zero attached hydrogens (tertiary/aromatic N) is 2. The van der Waals surface area contributed by atoms with Crippen LogP contribution in [-0.4, -0.2) is 21.4 Å². The molecule has 2 amide bonds. The number of fused-ring (bicyclic) bond motifs is 3. The van der Waals surface area contributed by atoms with Crippen LogP contribution in [0.3, 0.4) is 0 Å². The first kappa shape index (κ1) is 17.1. The number of rotatable bonds is 2. The lowest BCUT2D eigenvalue weighted by Crippen LogP contribution is -2.35. The standard InChI is InChI=1S/C18H13F3N4O2/c19-18(20,21)10-4-3-5-11(8-10)22-16(27)14-9-15(26)24-17-23-12-6-1-2-7-13(12)25(14)17/h1-8,14H,9H2,(H,22,27)(H,23,24,26)/t14-/m0/s1. The number of para-hydroxylation sites is 2. The van der Waals surface area contributed by atoms with Crippen molar-refractivity contribution in [3.63, 3.8) is 0 Å². The molecule has 0 saturated heterocycles.